The number of carbonyl (C=O) groups excluding carboxylic acids is 1. The second kappa shape index (κ2) is 5.35. The lowest BCUT2D eigenvalue weighted by atomic mass is 10.1. The first-order chi connectivity index (χ1) is 10.2. The number of nitrogens with zero attached hydrogens (tertiary/aromatic N) is 2. The minimum atomic E-state index is -0.352. The molecule has 1 N–H and O–H groups in total. The molecule has 1 aromatic carbocycles. The van der Waals surface area contributed by atoms with Gasteiger partial charge in [-0.05, 0) is 11.4 Å². The Bertz CT molecular complexity index is 811. The molecule has 1 aliphatic rings. The second-order valence-electron chi connectivity index (χ2n) is 4.45. The van der Waals surface area contributed by atoms with E-state index in [1.54, 1.807) is 24.3 Å². The summed E-state index contributed by atoms with van der Waals surface area (Å²) in [7, 11) is 0. The lowest BCUT2D eigenvalue weighted by molar-refractivity contribution is 0.104. The molecule has 0 radical (unpaired) electrons. The molecule has 1 heterocycles. The van der Waals surface area contributed by atoms with E-state index in [1.165, 1.54) is 11.3 Å². The molecule has 0 aliphatic heterocycles. The summed E-state index contributed by atoms with van der Waals surface area (Å²) in [5, 5.41) is 21.4. The normalized spacial score (nSPS) is 14.2. The van der Waals surface area contributed by atoms with Crippen LogP contribution in [0.15, 0.2) is 52.3 Å². The maximum absolute atomic E-state index is 12.3. The summed E-state index contributed by atoms with van der Waals surface area (Å²) in [6.45, 7) is 0.320. The number of aliphatic hydroxyl groups is 1. The number of hydrogen-bond donors (Lipinski definition) is 1. The SMILES string of the molecule is N#CC(=NCc1cccs1)C1=C(O)c2ccccc2C1=O. The number of allylic oxidation sites excluding steroid dienone is 1. The smallest absolute Gasteiger partial charge is 0.200 e. The van der Waals surface area contributed by atoms with E-state index in [4.69, 9.17) is 0 Å². The average Bonchev–Trinajstić information content (AvgIpc) is 3.11. The number of fused-ring (bicyclic) bond motifs is 1. The van der Waals surface area contributed by atoms with Crippen LogP contribution in [-0.2, 0) is 6.54 Å². The zero-order chi connectivity index (χ0) is 14.8. The standard InChI is InChI=1S/C16H10N2O2S/c17-8-13(18-9-10-4-3-7-21-10)14-15(19)11-5-1-2-6-12(11)16(14)20/h1-7,19H,9H2. The number of hydrogen-bond acceptors (Lipinski definition) is 5. The van der Waals surface area contributed by atoms with E-state index in [1.807, 2.05) is 23.6 Å². The predicted molar refractivity (Wildman–Crippen MR) is 81.4 cm³/mol. The molecule has 1 aliphatic carbocycles. The Labute approximate surface area is 125 Å². The number of aliphatic hydroxyl groups excluding tert-OH is 1. The number of nitriles is 1. The van der Waals surface area contributed by atoms with Crippen molar-refractivity contribution in [2.45, 2.75) is 6.54 Å². The van der Waals surface area contributed by atoms with Crippen molar-refractivity contribution in [1.29, 1.82) is 5.26 Å². The molecule has 0 saturated heterocycles. The third-order valence-corrected chi connectivity index (χ3v) is 4.07. The Kier molecular flexibility index (Phi) is 3.38. The van der Waals surface area contributed by atoms with Crippen molar-refractivity contribution in [3.63, 3.8) is 0 Å². The van der Waals surface area contributed by atoms with Gasteiger partial charge in [-0.3, -0.25) is 9.79 Å². The third-order valence-electron chi connectivity index (χ3n) is 3.21. The fourth-order valence-corrected chi connectivity index (χ4v) is 2.84. The van der Waals surface area contributed by atoms with Gasteiger partial charge in [-0.2, -0.15) is 5.26 Å². The number of rotatable bonds is 3. The van der Waals surface area contributed by atoms with Gasteiger partial charge in [0.05, 0.1) is 6.54 Å². The molecule has 0 spiro atoms. The molecule has 5 heteroatoms. The lowest BCUT2D eigenvalue weighted by Crippen LogP contribution is -2.09. The highest BCUT2D eigenvalue weighted by atomic mass is 32.1. The predicted octanol–water partition coefficient (Wildman–Crippen LogP) is 3.38. The summed E-state index contributed by atoms with van der Waals surface area (Å²) in [6.07, 6.45) is 0. The van der Waals surface area contributed by atoms with Crippen LogP contribution in [0.25, 0.3) is 5.76 Å². The first-order valence-electron chi connectivity index (χ1n) is 6.27. The minimum Gasteiger partial charge on any atom is -0.506 e. The number of benzene rings is 1. The number of carbonyl (C=O) groups is 1. The molecule has 1 aromatic heterocycles. The molecule has 0 amide bonds. The molecule has 0 bridgehead atoms. The summed E-state index contributed by atoms with van der Waals surface area (Å²) in [5.41, 5.74) is 0.831. The molecular formula is C16H10N2O2S. The Balaban J connectivity index is 1.99. The Morgan fingerprint density at radius 1 is 1.24 bits per heavy atom. The van der Waals surface area contributed by atoms with Gasteiger partial charge in [-0.25, -0.2) is 0 Å². The zero-order valence-electron chi connectivity index (χ0n) is 10.9. The highest BCUT2D eigenvalue weighted by molar-refractivity contribution is 7.09. The van der Waals surface area contributed by atoms with Crippen molar-refractivity contribution < 1.29 is 9.90 Å². The van der Waals surface area contributed by atoms with Gasteiger partial charge in [-0.15, -0.1) is 11.3 Å². The fourth-order valence-electron chi connectivity index (χ4n) is 2.21. The second-order valence-corrected chi connectivity index (χ2v) is 5.49. The molecular weight excluding hydrogens is 284 g/mol. The minimum absolute atomic E-state index is 0.00439. The number of thiophene rings is 1. The summed E-state index contributed by atoms with van der Waals surface area (Å²) >= 11 is 1.53. The quantitative estimate of drug-likeness (QED) is 0.882. The average molecular weight is 294 g/mol. The molecule has 2 aromatic rings. The van der Waals surface area contributed by atoms with Crippen LogP contribution in [-0.4, -0.2) is 16.6 Å². The van der Waals surface area contributed by atoms with Gasteiger partial charge in [0.2, 0.25) is 0 Å². The number of ketones is 1. The molecule has 0 atom stereocenters. The van der Waals surface area contributed by atoms with Crippen LogP contribution in [0.3, 0.4) is 0 Å². The van der Waals surface area contributed by atoms with Crippen LogP contribution in [0, 0.1) is 11.3 Å². The molecule has 0 fully saturated rings. The Morgan fingerprint density at radius 3 is 2.62 bits per heavy atom. The van der Waals surface area contributed by atoms with E-state index < -0.39 is 0 Å². The van der Waals surface area contributed by atoms with Gasteiger partial charge in [0, 0.05) is 16.0 Å². The first-order valence-corrected chi connectivity index (χ1v) is 7.15. The van der Waals surface area contributed by atoms with Gasteiger partial charge in [-0.1, -0.05) is 30.3 Å². The Hall–Kier alpha value is -2.71. The van der Waals surface area contributed by atoms with Crippen LogP contribution in [0.4, 0.5) is 0 Å². The highest BCUT2D eigenvalue weighted by Crippen LogP contribution is 2.31. The Morgan fingerprint density at radius 2 is 2.00 bits per heavy atom. The van der Waals surface area contributed by atoms with Gasteiger partial charge >= 0.3 is 0 Å². The van der Waals surface area contributed by atoms with Gasteiger partial charge in [0.25, 0.3) is 0 Å². The highest BCUT2D eigenvalue weighted by Gasteiger charge is 2.32. The van der Waals surface area contributed by atoms with Gasteiger partial charge in [0.15, 0.2) is 11.5 Å². The van der Waals surface area contributed by atoms with Gasteiger partial charge < -0.3 is 5.11 Å². The van der Waals surface area contributed by atoms with Gasteiger partial charge in [0.1, 0.15) is 17.4 Å². The van der Waals surface area contributed by atoms with Crippen molar-refractivity contribution in [2.24, 2.45) is 4.99 Å². The summed E-state index contributed by atoms with van der Waals surface area (Å²) in [4.78, 5) is 17.5. The van der Waals surface area contributed by atoms with Crippen LogP contribution in [0.5, 0.6) is 0 Å². The number of aliphatic imine (C=N–C) groups is 1. The van der Waals surface area contributed by atoms with Crippen LogP contribution in [0.2, 0.25) is 0 Å². The first kappa shape index (κ1) is 13.3. The monoisotopic (exact) mass is 294 g/mol. The van der Waals surface area contributed by atoms with E-state index in [0.717, 1.165) is 4.88 Å². The maximum atomic E-state index is 12.3. The van der Waals surface area contributed by atoms with Crippen LogP contribution >= 0.6 is 11.3 Å². The van der Waals surface area contributed by atoms with E-state index in [-0.39, 0.29) is 22.8 Å². The van der Waals surface area contributed by atoms with E-state index in [9.17, 15) is 15.2 Å². The lowest BCUT2D eigenvalue weighted by Gasteiger charge is -1.99. The maximum Gasteiger partial charge on any atom is 0.200 e. The number of Topliss-reactive ketones (excluding diaryl/α,β-unsaturated/α-hetero) is 1. The topological polar surface area (TPSA) is 73.4 Å². The van der Waals surface area contributed by atoms with Crippen molar-refractivity contribution in [3.05, 3.63) is 63.4 Å². The fraction of sp³-hybridized carbons (Fsp3) is 0.0625. The summed E-state index contributed by atoms with van der Waals surface area (Å²) in [5.74, 6) is -0.517. The third kappa shape index (κ3) is 2.26. The van der Waals surface area contributed by atoms with Crippen molar-refractivity contribution in [1.82, 2.24) is 0 Å². The van der Waals surface area contributed by atoms with Crippen LogP contribution in [0.1, 0.15) is 20.8 Å². The van der Waals surface area contributed by atoms with Crippen molar-refractivity contribution in [2.75, 3.05) is 0 Å². The molecule has 0 unspecified atom stereocenters. The largest absolute Gasteiger partial charge is 0.506 e. The molecule has 102 valence electrons. The van der Waals surface area contributed by atoms with Crippen molar-refractivity contribution >= 4 is 28.6 Å². The summed E-state index contributed by atoms with van der Waals surface area (Å²) < 4.78 is 0. The van der Waals surface area contributed by atoms with Crippen molar-refractivity contribution in [3.8, 4) is 6.07 Å². The zero-order valence-corrected chi connectivity index (χ0v) is 11.7. The van der Waals surface area contributed by atoms with E-state index >= 15 is 0 Å². The van der Waals surface area contributed by atoms with E-state index in [2.05, 4.69) is 4.99 Å². The summed E-state index contributed by atoms with van der Waals surface area (Å²) in [6, 6.07) is 12.5. The molecule has 21 heavy (non-hydrogen) atoms. The molecule has 3 rings (SSSR count). The molecule has 4 nitrogen and oxygen atoms in total. The van der Waals surface area contributed by atoms with Crippen LogP contribution < -0.4 is 0 Å². The molecule has 0 saturated carbocycles. The van der Waals surface area contributed by atoms with E-state index in [0.29, 0.717) is 17.7 Å².